The molecule has 1 saturated carbocycles. The first-order valence-electron chi connectivity index (χ1n) is 8.39. The Morgan fingerprint density at radius 3 is 2.41 bits per heavy atom. The molecule has 1 saturated heterocycles. The van der Waals surface area contributed by atoms with Crippen LogP contribution in [0.2, 0.25) is 0 Å². The molecule has 0 radical (unpaired) electrons. The van der Waals surface area contributed by atoms with E-state index in [1.807, 2.05) is 17.0 Å². The normalized spacial score (nSPS) is 26.4. The van der Waals surface area contributed by atoms with Crippen LogP contribution in [0.1, 0.15) is 30.4 Å². The predicted molar refractivity (Wildman–Crippen MR) is 86.7 cm³/mol. The van der Waals surface area contributed by atoms with Crippen molar-refractivity contribution in [1.82, 2.24) is 9.80 Å². The van der Waals surface area contributed by atoms with Crippen molar-refractivity contribution in [3.63, 3.8) is 0 Å². The van der Waals surface area contributed by atoms with Gasteiger partial charge in [-0.05, 0) is 31.7 Å². The Hall–Kier alpha value is -1.39. The fourth-order valence-electron chi connectivity index (χ4n) is 3.64. The SMILES string of the molecule is Cc1ccc(CC(=O)N2CCN([C@H]3CCC[C@H]3O)CC2)cc1. The molecule has 0 bridgehead atoms. The zero-order valence-electron chi connectivity index (χ0n) is 13.4. The molecular weight excluding hydrogens is 276 g/mol. The third-order valence-corrected chi connectivity index (χ3v) is 5.06. The average Bonchev–Trinajstić information content (AvgIpc) is 2.96. The van der Waals surface area contributed by atoms with Crippen LogP contribution in [0.15, 0.2) is 24.3 Å². The number of piperazine rings is 1. The van der Waals surface area contributed by atoms with Crippen molar-refractivity contribution in [2.45, 2.75) is 44.8 Å². The van der Waals surface area contributed by atoms with E-state index in [0.29, 0.717) is 12.5 Å². The number of hydrogen-bond donors (Lipinski definition) is 1. The van der Waals surface area contributed by atoms with Gasteiger partial charge < -0.3 is 10.0 Å². The second kappa shape index (κ2) is 6.80. The zero-order valence-corrected chi connectivity index (χ0v) is 13.4. The third-order valence-electron chi connectivity index (χ3n) is 5.06. The number of nitrogens with zero attached hydrogens (tertiary/aromatic N) is 2. The van der Waals surface area contributed by atoms with Gasteiger partial charge in [0.25, 0.3) is 0 Å². The van der Waals surface area contributed by atoms with E-state index in [9.17, 15) is 9.90 Å². The standard InChI is InChI=1S/C18H26N2O2/c1-14-5-7-15(8-6-14)13-18(22)20-11-9-19(10-12-20)16-3-2-4-17(16)21/h5-8,16-17,21H,2-4,9-13H2,1H3/t16-,17+/m0/s1. The lowest BCUT2D eigenvalue weighted by molar-refractivity contribution is -0.132. The van der Waals surface area contributed by atoms with Crippen LogP contribution < -0.4 is 0 Å². The summed E-state index contributed by atoms with van der Waals surface area (Å²) >= 11 is 0. The molecule has 4 nitrogen and oxygen atoms in total. The highest BCUT2D eigenvalue weighted by atomic mass is 16.3. The number of rotatable bonds is 3. The molecule has 2 fully saturated rings. The molecule has 2 aliphatic rings. The summed E-state index contributed by atoms with van der Waals surface area (Å²) in [6, 6.07) is 8.51. The molecule has 1 heterocycles. The highest BCUT2D eigenvalue weighted by molar-refractivity contribution is 5.78. The quantitative estimate of drug-likeness (QED) is 0.922. The largest absolute Gasteiger partial charge is 0.391 e. The first kappa shape index (κ1) is 15.5. The third kappa shape index (κ3) is 3.50. The number of hydrogen-bond acceptors (Lipinski definition) is 3. The van der Waals surface area contributed by atoms with Gasteiger partial charge in [-0.3, -0.25) is 9.69 Å². The van der Waals surface area contributed by atoms with Gasteiger partial charge in [0.15, 0.2) is 0 Å². The topological polar surface area (TPSA) is 43.8 Å². The van der Waals surface area contributed by atoms with Gasteiger partial charge in [0.1, 0.15) is 0 Å². The summed E-state index contributed by atoms with van der Waals surface area (Å²) in [6.07, 6.45) is 3.47. The van der Waals surface area contributed by atoms with Crippen LogP contribution in [0.3, 0.4) is 0 Å². The number of aryl methyl sites for hydroxylation is 1. The van der Waals surface area contributed by atoms with Crippen molar-refractivity contribution >= 4 is 5.91 Å². The summed E-state index contributed by atoms with van der Waals surface area (Å²) in [6.45, 7) is 5.41. The molecule has 3 rings (SSSR count). The van der Waals surface area contributed by atoms with E-state index < -0.39 is 0 Å². The van der Waals surface area contributed by atoms with Crippen molar-refractivity contribution < 1.29 is 9.90 Å². The van der Waals surface area contributed by atoms with Gasteiger partial charge in [0.2, 0.25) is 5.91 Å². The maximum Gasteiger partial charge on any atom is 0.227 e. The van der Waals surface area contributed by atoms with Crippen molar-refractivity contribution in [2.75, 3.05) is 26.2 Å². The van der Waals surface area contributed by atoms with E-state index in [0.717, 1.165) is 51.0 Å². The molecule has 4 heteroatoms. The second-order valence-corrected chi connectivity index (χ2v) is 6.64. The minimum Gasteiger partial charge on any atom is -0.391 e. The van der Waals surface area contributed by atoms with Crippen molar-refractivity contribution in [1.29, 1.82) is 0 Å². The molecular formula is C18H26N2O2. The van der Waals surface area contributed by atoms with Crippen LogP contribution in [0, 0.1) is 6.92 Å². The fourth-order valence-corrected chi connectivity index (χ4v) is 3.64. The van der Waals surface area contributed by atoms with E-state index in [-0.39, 0.29) is 12.0 Å². The molecule has 1 aromatic carbocycles. The Labute approximate surface area is 132 Å². The monoisotopic (exact) mass is 302 g/mol. The van der Waals surface area contributed by atoms with Gasteiger partial charge in [-0.1, -0.05) is 29.8 Å². The zero-order chi connectivity index (χ0) is 15.5. The molecule has 0 aromatic heterocycles. The van der Waals surface area contributed by atoms with Gasteiger partial charge in [-0.15, -0.1) is 0 Å². The molecule has 22 heavy (non-hydrogen) atoms. The van der Waals surface area contributed by atoms with Crippen molar-refractivity contribution in [3.8, 4) is 0 Å². The lowest BCUT2D eigenvalue weighted by Crippen LogP contribution is -2.53. The first-order chi connectivity index (χ1) is 10.6. The average molecular weight is 302 g/mol. The van der Waals surface area contributed by atoms with Crippen molar-refractivity contribution in [2.24, 2.45) is 0 Å². The maximum absolute atomic E-state index is 12.4. The first-order valence-corrected chi connectivity index (χ1v) is 8.39. The van der Waals surface area contributed by atoms with Crippen molar-refractivity contribution in [3.05, 3.63) is 35.4 Å². The second-order valence-electron chi connectivity index (χ2n) is 6.64. The number of carbonyl (C=O) groups is 1. The van der Waals surface area contributed by atoms with E-state index in [1.165, 1.54) is 5.56 Å². The minimum atomic E-state index is -0.171. The van der Waals surface area contributed by atoms with Gasteiger partial charge in [0.05, 0.1) is 12.5 Å². The van der Waals surface area contributed by atoms with Gasteiger partial charge in [-0.2, -0.15) is 0 Å². The summed E-state index contributed by atoms with van der Waals surface area (Å²) < 4.78 is 0. The fraction of sp³-hybridized carbons (Fsp3) is 0.611. The summed E-state index contributed by atoms with van der Waals surface area (Å²) in [5.74, 6) is 0.218. The smallest absolute Gasteiger partial charge is 0.227 e. The molecule has 1 aromatic rings. The van der Waals surface area contributed by atoms with Gasteiger partial charge in [-0.25, -0.2) is 0 Å². The molecule has 0 spiro atoms. The summed E-state index contributed by atoms with van der Waals surface area (Å²) in [7, 11) is 0. The molecule has 120 valence electrons. The van der Waals surface area contributed by atoms with Crippen LogP contribution in [0.5, 0.6) is 0 Å². The van der Waals surface area contributed by atoms with Crippen LogP contribution in [-0.4, -0.2) is 59.1 Å². The van der Waals surface area contributed by atoms with Crippen LogP contribution >= 0.6 is 0 Å². The number of aliphatic hydroxyl groups excluding tert-OH is 1. The van der Waals surface area contributed by atoms with E-state index in [4.69, 9.17) is 0 Å². The summed E-state index contributed by atoms with van der Waals surface area (Å²) in [5.41, 5.74) is 2.31. The van der Waals surface area contributed by atoms with Gasteiger partial charge >= 0.3 is 0 Å². The number of amides is 1. The lowest BCUT2D eigenvalue weighted by atomic mass is 10.1. The molecule has 1 N–H and O–H groups in total. The predicted octanol–water partition coefficient (Wildman–Crippen LogP) is 1.60. The van der Waals surface area contributed by atoms with E-state index in [1.54, 1.807) is 0 Å². The summed E-state index contributed by atoms with van der Waals surface area (Å²) in [5, 5.41) is 10.0. The van der Waals surface area contributed by atoms with Crippen LogP contribution in [0.25, 0.3) is 0 Å². The maximum atomic E-state index is 12.4. The summed E-state index contributed by atoms with van der Waals surface area (Å²) in [4.78, 5) is 16.7. The molecule has 1 amide bonds. The molecule has 2 atom stereocenters. The Kier molecular flexibility index (Phi) is 4.79. The van der Waals surface area contributed by atoms with Gasteiger partial charge in [0, 0.05) is 32.2 Å². The number of carbonyl (C=O) groups excluding carboxylic acids is 1. The van der Waals surface area contributed by atoms with E-state index in [2.05, 4.69) is 24.0 Å². The highest BCUT2D eigenvalue weighted by Gasteiger charge is 2.33. The minimum absolute atomic E-state index is 0.171. The molecule has 1 aliphatic heterocycles. The Bertz CT molecular complexity index is 506. The number of aliphatic hydroxyl groups is 1. The number of benzene rings is 1. The van der Waals surface area contributed by atoms with Crippen LogP contribution in [0.4, 0.5) is 0 Å². The Morgan fingerprint density at radius 1 is 1.14 bits per heavy atom. The molecule has 1 aliphatic carbocycles. The Morgan fingerprint density at radius 2 is 1.82 bits per heavy atom. The lowest BCUT2D eigenvalue weighted by Gasteiger charge is -2.39. The van der Waals surface area contributed by atoms with Crippen LogP contribution in [-0.2, 0) is 11.2 Å². The highest BCUT2D eigenvalue weighted by Crippen LogP contribution is 2.25. The van der Waals surface area contributed by atoms with E-state index >= 15 is 0 Å². The Balaban J connectivity index is 1.50. The molecule has 0 unspecified atom stereocenters.